The first-order chi connectivity index (χ1) is 14.2. The molecular weight excluding hydrogens is 371 g/mol. The van der Waals surface area contributed by atoms with Crippen molar-refractivity contribution in [3.8, 4) is 22.5 Å². The molecule has 0 saturated carbocycles. The Labute approximate surface area is 166 Å². The molecule has 4 aromatic rings. The summed E-state index contributed by atoms with van der Waals surface area (Å²) in [5.74, 6) is 0.257. The number of amides is 1. The highest BCUT2D eigenvalue weighted by Gasteiger charge is 2.30. The highest BCUT2D eigenvalue weighted by atomic mass is 19.1. The average Bonchev–Trinajstić information content (AvgIpc) is 3.41. The molecule has 3 heterocycles. The van der Waals surface area contributed by atoms with E-state index in [4.69, 9.17) is 4.52 Å². The summed E-state index contributed by atoms with van der Waals surface area (Å²) in [5.41, 5.74) is 3.97. The largest absolute Gasteiger partial charge is 0.360 e. The minimum atomic E-state index is -0.340. The molecule has 29 heavy (non-hydrogen) atoms. The summed E-state index contributed by atoms with van der Waals surface area (Å²) in [6.45, 7) is 0.855. The van der Waals surface area contributed by atoms with Gasteiger partial charge in [-0.3, -0.25) is 4.79 Å². The quantitative estimate of drug-likeness (QED) is 0.574. The van der Waals surface area contributed by atoms with Crippen LogP contribution in [0.1, 0.15) is 21.8 Å². The lowest BCUT2D eigenvalue weighted by Crippen LogP contribution is -2.36. The fraction of sp³-hybridized carbons (Fsp3) is 0.136. The Kier molecular flexibility index (Phi) is 4.20. The van der Waals surface area contributed by atoms with Crippen LogP contribution in [-0.2, 0) is 13.0 Å². The van der Waals surface area contributed by atoms with E-state index >= 15 is 0 Å². The smallest absolute Gasteiger partial charge is 0.272 e. The number of rotatable bonds is 3. The van der Waals surface area contributed by atoms with Crippen LogP contribution in [0.15, 0.2) is 65.4 Å². The number of imidazole rings is 1. The number of fused-ring (bicyclic) bond motifs is 1. The van der Waals surface area contributed by atoms with Crippen LogP contribution in [-0.4, -0.2) is 32.5 Å². The molecule has 2 aromatic carbocycles. The second-order valence-electron chi connectivity index (χ2n) is 6.91. The van der Waals surface area contributed by atoms with Gasteiger partial charge in [0.05, 0.1) is 12.9 Å². The van der Waals surface area contributed by atoms with Crippen molar-refractivity contribution in [2.75, 3.05) is 6.54 Å². The van der Waals surface area contributed by atoms with Gasteiger partial charge in [0.1, 0.15) is 28.7 Å². The van der Waals surface area contributed by atoms with Gasteiger partial charge >= 0.3 is 0 Å². The predicted octanol–water partition coefficient (Wildman–Crippen LogP) is 4.07. The van der Waals surface area contributed by atoms with E-state index in [1.165, 1.54) is 18.5 Å². The van der Waals surface area contributed by atoms with Crippen molar-refractivity contribution in [1.82, 2.24) is 20.0 Å². The van der Waals surface area contributed by atoms with E-state index in [0.717, 1.165) is 16.9 Å². The van der Waals surface area contributed by atoms with E-state index < -0.39 is 0 Å². The predicted molar refractivity (Wildman–Crippen MR) is 104 cm³/mol. The van der Waals surface area contributed by atoms with Gasteiger partial charge < -0.3 is 14.4 Å². The molecule has 0 aliphatic carbocycles. The zero-order valence-corrected chi connectivity index (χ0v) is 15.4. The third-order valence-corrected chi connectivity index (χ3v) is 5.11. The molecule has 2 aromatic heterocycles. The molecule has 0 saturated heterocycles. The molecule has 7 heteroatoms. The highest BCUT2D eigenvalue weighted by molar-refractivity contribution is 5.98. The third-order valence-electron chi connectivity index (χ3n) is 5.11. The lowest BCUT2D eigenvalue weighted by atomic mass is 10.0. The number of nitrogens with zero attached hydrogens (tertiary/aromatic N) is 3. The summed E-state index contributed by atoms with van der Waals surface area (Å²) >= 11 is 0. The maximum absolute atomic E-state index is 13.7. The van der Waals surface area contributed by atoms with Crippen LogP contribution in [0.25, 0.3) is 22.5 Å². The Morgan fingerprint density at radius 3 is 2.72 bits per heavy atom. The molecule has 0 unspecified atom stereocenters. The zero-order chi connectivity index (χ0) is 19.8. The van der Waals surface area contributed by atoms with Gasteiger partial charge in [-0.2, -0.15) is 0 Å². The van der Waals surface area contributed by atoms with Crippen molar-refractivity contribution in [3.63, 3.8) is 0 Å². The van der Waals surface area contributed by atoms with Gasteiger partial charge in [-0.05, 0) is 12.1 Å². The molecule has 1 amide bonds. The van der Waals surface area contributed by atoms with Crippen LogP contribution in [0, 0.1) is 5.82 Å². The van der Waals surface area contributed by atoms with E-state index in [2.05, 4.69) is 15.1 Å². The van der Waals surface area contributed by atoms with Crippen LogP contribution >= 0.6 is 0 Å². The first kappa shape index (κ1) is 17.4. The second kappa shape index (κ2) is 7.01. The van der Waals surface area contributed by atoms with E-state index in [1.54, 1.807) is 17.0 Å². The molecule has 144 valence electrons. The number of carbonyl (C=O) groups excluding carboxylic acids is 1. The van der Waals surface area contributed by atoms with Gasteiger partial charge in [0.15, 0.2) is 0 Å². The van der Waals surface area contributed by atoms with Crippen molar-refractivity contribution < 1.29 is 13.7 Å². The molecule has 5 rings (SSSR count). The molecule has 1 aliphatic heterocycles. The first-order valence-electron chi connectivity index (χ1n) is 9.32. The summed E-state index contributed by atoms with van der Waals surface area (Å²) in [6.07, 6.45) is 2.08. The van der Waals surface area contributed by atoms with Crippen molar-refractivity contribution >= 4 is 5.91 Å². The minimum absolute atomic E-state index is 0.140. The number of benzene rings is 2. The maximum atomic E-state index is 13.7. The van der Waals surface area contributed by atoms with Crippen molar-refractivity contribution in [1.29, 1.82) is 0 Å². The number of nitrogens with one attached hydrogen (secondary N) is 1. The van der Waals surface area contributed by atoms with Gasteiger partial charge in [-0.15, -0.1) is 0 Å². The van der Waals surface area contributed by atoms with E-state index in [1.807, 2.05) is 30.3 Å². The average molecular weight is 388 g/mol. The normalized spacial score (nSPS) is 13.3. The van der Waals surface area contributed by atoms with Gasteiger partial charge in [0.25, 0.3) is 5.91 Å². The molecule has 0 spiro atoms. The molecule has 0 radical (unpaired) electrons. The Bertz CT molecular complexity index is 1180. The molecule has 1 aliphatic rings. The maximum Gasteiger partial charge on any atom is 0.272 e. The standard InChI is InChI=1S/C22H17FN4O2/c23-16-8-4-7-15(11-16)19-17-12-27(10-9-18(17)29-26-19)22(28)21-20(24-13-25-21)14-5-2-1-3-6-14/h1-8,11,13H,9-10,12H2,(H,24,25). The number of H-pyrrole nitrogens is 1. The number of halogens is 1. The van der Waals surface area contributed by atoms with E-state index in [0.29, 0.717) is 42.2 Å². The van der Waals surface area contributed by atoms with Crippen LogP contribution in [0.3, 0.4) is 0 Å². The SMILES string of the molecule is O=C(c1[nH]cnc1-c1ccccc1)N1CCc2onc(-c3cccc(F)c3)c2C1. The molecule has 0 fully saturated rings. The van der Waals surface area contributed by atoms with Crippen molar-refractivity contribution in [2.24, 2.45) is 0 Å². The fourth-order valence-electron chi connectivity index (χ4n) is 3.68. The third kappa shape index (κ3) is 3.10. The lowest BCUT2D eigenvalue weighted by Gasteiger charge is -2.26. The molecule has 0 bridgehead atoms. The monoisotopic (exact) mass is 388 g/mol. The summed E-state index contributed by atoms with van der Waals surface area (Å²) in [6, 6.07) is 15.8. The van der Waals surface area contributed by atoms with Crippen LogP contribution in [0.5, 0.6) is 0 Å². The molecule has 6 nitrogen and oxygen atoms in total. The summed E-state index contributed by atoms with van der Waals surface area (Å²) in [7, 11) is 0. The first-order valence-corrected chi connectivity index (χ1v) is 9.32. The van der Waals surface area contributed by atoms with Crippen LogP contribution in [0.4, 0.5) is 4.39 Å². The Morgan fingerprint density at radius 1 is 1.07 bits per heavy atom. The minimum Gasteiger partial charge on any atom is -0.360 e. The van der Waals surface area contributed by atoms with Gasteiger partial charge in [-0.1, -0.05) is 47.6 Å². The van der Waals surface area contributed by atoms with Gasteiger partial charge in [-0.25, -0.2) is 9.37 Å². The number of hydrogen-bond donors (Lipinski definition) is 1. The zero-order valence-electron chi connectivity index (χ0n) is 15.4. The van der Waals surface area contributed by atoms with Gasteiger partial charge in [0.2, 0.25) is 0 Å². The molecule has 1 N–H and O–H groups in total. The number of aromatic amines is 1. The van der Waals surface area contributed by atoms with E-state index in [-0.39, 0.29) is 11.7 Å². The number of aromatic nitrogens is 3. The highest BCUT2D eigenvalue weighted by Crippen LogP contribution is 2.31. The Balaban J connectivity index is 1.46. The lowest BCUT2D eigenvalue weighted by molar-refractivity contribution is 0.0724. The summed E-state index contributed by atoms with van der Waals surface area (Å²) in [4.78, 5) is 22.3. The van der Waals surface area contributed by atoms with E-state index in [9.17, 15) is 9.18 Å². The van der Waals surface area contributed by atoms with Crippen LogP contribution < -0.4 is 0 Å². The van der Waals surface area contributed by atoms with Crippen molar-refractivity contribution in [2.45, 2.75) is 13.0 Å². The van der Waals surface area contributed by atoms with Crippen molar-refractivity contribution in [3.05, 3.63) is 83.8 Å². The Morgan fingerprint density at radius 2 is 1.90 bits per heavy atom. The van der Waals surface area contributed by atoms with Crippen LogP contribution in [0.2, 0.25) is 0 Å². The fourth-order valence-corrected chi connectivity index (χ4v) is 3.68. The number of hydrogen-bond acceptors (Lipinski definition) is 4. The van der Waals surface area contributed by atoms with Gasteiger partial charge in [0, 0.05) is 29.7 Å². The summed E-state index contributed by atoms with van der Waals surface area (Å²) < 4.78 is 19.1. The topological polar surface area (TPSA) is 75.0 Å². The Hall–Kier alpha value is -3.74. The molecule has 0 atom stereocenters. The number of carbonyl (C=O) groups is 1. The second-order valence-corrected chi connectivity index (χ2v) is 6.91. The molecular formula is C22H17FN4O2. The summed E-state index contributed by atoms with van der Waals surface area (Å²) in [5, 5.41) is 4.13.